The lowest BCUT2D eigenvalue weighted by atomic mass is 9.68. The molecule has 96 valence electrons. The third-order valence-electron chi connectivity index (χ3n) is 4.96. The van der Waals surface area contributed by atoms with Gasteiger partial charge in [0.05, 0.1) is 0 Å². The van der Waals surface area contributed by atoms with E-state index in [-0.39, 0.29) is 5.41 Å². The molecule has 1 heteroatoms. The monoisotopic (exact) mass is 266 g/mol. The summed E-state index contributed by atoms with van der Waals surface area (Å²) >= 11 is 4.56. The largest absolute Gasteiger partial charge is 0.143 e. The summed E-state index contributed by atoms with van der Waals surface area (Å²) in [5.74, 6) is 0. The molecule has 0 aliphatic heterocycles. The predicted molar refractivity (Wildman–Crippen MR) is 83.0 cm³/mol. The average molecular weight is 266 g/mol. The maximum atomic E-state index is 4.56. The molecule has 19 heavy (non-hydrogen) atoms. The van der Waals surface area contributed by atoms with Crippen LogP contribution in [0.5, 0.6) is 0 Å². The van der Waals surface area contributed by atoms with Gasteiger partial charge in [-0.2, -0.15) is 0 Å². The van der Waals surface area contributed by atoms with Gasteiger partial charge in [-0.3, -0.25) is 0 Å². The molecule has 4 rings (SSSR count). The van der Waals surface area contributed by atoms with Gasteiger partial charge in [-0.05, 0) is 47.2 Å². The minimum atomic E-state index is 0.281. The van der Waals surface area contributed by atoms with Crippen molar-refractivity contribution in [1.29, 1.82) is 0 Å². The van der Waals surface area contributed by atoms with E-state index in [0.29, 0.717) is 0 Å². The molecule has 1 fully saturated rings. The maximum Gasteiger partial charge on any atom is 0.0215 e. The van der Waals surface area contributed by atoms with Crippen LogP contribution in [0.3, 0.4) is 0 Å². The van der Waals surface area contributed by atoms with E-state index in [2.05, 4.69) is 55.1 Å². The van der Waals surface area contributed by atoms with Gasteiger partial charge in [0.25, 0.3) is 0 Å². The highest BCUT2D eigenvalue weighted by molar-refractivity contribution is 7.80. The molecule has 0 amide bonds. The fourth-order valence-electron chi connectivity index (χ4n) is 4.14. The van der Waals surface area contributed by atoms with E-state index in [1.807, 2.05) is 0 Å². The standard InChI is InChI=1S/C18H18S/c19-13-8-9-15-14-6-2-3-7-16(14)18(17(15)12-13)10-4-1-5-11-18/h2-3,6-9,12,19H,1,4-5,10-11H2. The average Bonchev–Trinajstić information content (AvgIpc) is 2.71. The zero-order valence-electron chi connectivity index (χ0n) is 11.0. The molecule has 1 spiro atoms. The highest BCUT2D eigenvalue weighted by Crippen LogP contribution is 2.55. The van der Waals surface area contributed by atoms with E-state index < -0.39 is 0 Å². The third-order valence-corrected chi connectivity index (χ3v) is 5.24. The first kappa shape index (κ1) is 11.6. The Morgan fingerprint density at radius 1 is 0.789 bits per heavy atom. The highest BCUT2D eigenvalue weighted by atomic mass is 32.1. The summed E-state index contributed by atoms with van der Waals surface area (Å²) in [5, 5.41) is 0. The van der Waals surface area contributed by atoms with E-state index in [0.717, 1.165) is 4.90 Å². The summed E-state index contributed by atoms with van der Waals surface area (Å²) in [7, 11) is 0. The van der Waals surface area contributed by atoms with Crippen LogP contribution in [-0.4, -0.2) is 0 Å². The Morgan fingerprint density at radius 2 is 1.53 bits per heavy atom. The van der Waals surface area contributed by atoms with Crippen LogP contribution in [0.25, 0.3) is 11.1 Å². The molecule has 2 aromatic rings. The summed E-state index contributed by atoms with van der Waals surface area (Å²) in [4.78, 5) is 1.09. The minimum absolute atomic E-state index is 0.281. The van der Waals surface area contributed by atoms with Gasteiger partial charge in [-0.15, -0.1) is 12.6 Å². The van der Waals surface area contributed by atoms with Crippen LogP contribution in [-0.2, 0) is 5.41 Å². The van der Waals surface area contributed by atoms with Crippen molar-refractivity contribution >= 4 is 12.6 Å². The Labute approximate surface area is 120 Å². The fourth-order valence-corrected chi connectivity index (χ4v) is 4.34. The second-order valence-electron chi connectivity index (χ2n) is 5.92. The van der Waals surface area contributed by atoms with Crippen molar-refractivity contribution in [3.8, 4) is 11.1 Å². The minimum Gasteiger partial charge on any atom is -0.143 e. The Kier molecular flexibility index (Phi) is 2.53. The van der Waals surface area contributed by atoms with Gasteiger partial charge in [0, 0.05) is 10.3 Å². The molecule has 2 aliphatic carbocycles. The molecule has 2 aromatic carbocycles. The summed E-state index contributed by atoms with van der Waals surface area (Å²) < 4.78 is 0. The van der Waals surface area contributed by atoms with Crippen molar-refractivity contribution in [2.45, 2.75) is 42.4 Å². The van der Waals surface area contributed by atoms with Crippen LogP contribution < -0.4 is 0 Å². The smallest absolute Gasteiger partial charge is 0.0215 e. The fraction of sp³-hybridized carbons (Fsp3) is 0.333. The zero-order chi connectivity index (χ0) is 12.9. The van der Waals surface area contributed by atoms with Crippen molar-refractivity contribution in [1.82, 2.24) is 0 Å². The molecule has 0 saturated heterocycles. The SMILES string of the molecule is Sc1ccc2c(c1)C1(CCCCC1)c1ccccc1-2. The van der Waals surface area contributed by atoms with Crippen molar-refractivity contribution in [2.75, 3.05) is 0 Å². The molecule has 0 bridgehead atoms. The van der Waals surface area contributed by atoms with Crippen LogP contribution in [0.2, 0.25) is 0 Å². The van der Waals surface area contributed by atoms with Crippen molar-refractivity contribution < 1.29 is 0 Å². The molecule has 0 heterocycles. The van der Waals surface area contributed by atoms with E-state index in [9.17, 15) is 0 Å². The van der Waals surface area contributed by atoms with Crippen molar-refractivity contribution in [2.24, 2.45) is 0 Å². The van der Waals surface area contributed by atoms with Gasteiger partial charge in [0.15, 0.2) is 0 Å². The van der Waals surface area contributed by atoms with E-state index in [1.165, 1.54) is 48.8 Å². The second kappa shape index (κ2) is 4.14. The number of thiol groups is 1. The second-order valence-corrected chi connectivity index (χ2v) is 6.43. The summed E-state index contributed by atoms with van der Waals surface area (Å²) in [5.41, 5.74) is 6.26. The first-order chi connectivity index (χ1) is 9.31. The quantitative estimate of drug-likeness (QED) is 0.622. The van der Waals surface area contributed by atoms with Crippen molar-refractivity contribution in [3.05, 3.63) is 53.6 Å². The first-order valence-corrected chi connectivity index (χ1v) is 7.69. The molecule has 0 atom stereocenters. The number of hydrogen-bond donors (Lipinski definition) is 1. The number of benzene rings is 2. The molecule has 0 unspecified atom stereocenters. The maximum absolute atomic E-state index is 4.56. The lowest BCUT2D eigenvalue weighted by Gasteiger charge is -2.36. The van der Waals surface area contributed by atoms with Crippen molar-refractivity contribution in [3.63, 3.8) is 0 Å². The van der Waals surface area contributed by atoms with E-state index >= 15 is 0 Å². The van der Waals surface area contributed by atoms with Crippen LogP contribution in [0.15, 0.2) is 47.4 Å². The number of hydrogen-bond acceptors (Lipinski definition) is 1. The van der Waals surface area contributed by atoms with E-state index in [1.54, 1.807) is 5.56 Å². The number of fused-ring (bicyclic) bond motifs is 5. The van der Waals surface area contributed by atoms with Crippen LogP contribution >= 0.6 is 12.6 Å². The molecule has 0 nitrogen and oxygen atoms in total. The topological polar surface area (TPSA) is 0 Å². The predicted octanol–water partition coefficient (Wildman–Crippen LogP) is 5.21. The van der Waals surface area contributed by atoms with E-state index in [4.69, 9.17) is 0 Å². The normalized spacial score (nSPS) is 19.2. The first-order valence-electron chi connectivity index (χ1n) is 7.25. The Morgan fingerprint density at radius 3 is 2.37 bits per heavy atom. The molecule has 2 aliphatic rings. The Hall–Kier alpha value is -1.21. The van der Waals surface area contributed by atoms with Crippen LogP contribution in [0.4, 0.5) is 0 Å². The lowest BCUT2D eigenvalue weighted by molar-refractivity contribution is 0.352. The summed E-state index contributed by atoms with van der Waals surface area (Å²) in [6.07, 6.45) is 6.69. The summed E-state index contributed by atoms with van der Waals surface area (Å²) in [6, 6.07) is 15.7. The third kappa shape index (κ3) is 1.54. The van der Waals surface area contributed by atoms with Gasteiger partial charge in [-0.25, -0.2) is 0 Å². The lowest BCUT2D eigenvalue weighted by Crippen LogP contribution is -2.27. The molecule has 0 radical (unpaired) electrons. The summed E-state index contributed by atoms with van der Waals surface area (Å²) in [6.45, 7) is 0. The van der Waals surface area contributed by atoms with Crippen LogP contribution in [0, 0.1) is 0 Å². The van der Waals surface area contributed by atoms with Gasteiger partial charge in [0.1, 0.15) is 0 Å². The highest BCUT2D eigenvalue weighted by Gasteiger charge is 2.43. The zero-order valence-corrected chi connectivity index (χ0v) is 11.9. The molecular weight excluding hydrogens is 248 g/mol. The Bertz CT molecular complexity index is 636. The van der Waals surface area contributed by atoms with Gasteiger partial charge in [-0.1, -0.05) is 49.6 Å². The molecule has 0 N–H and O–H groups in total. The van der Waals surface area contributed by atoms with Gasteiger partial charge >= 0.3 is 0 Å². The van der Waals surface area contributed by atoms with Gasteiger partial charge < -0.3 is 0 Å². The molecule has 1 saturated carbocycles. The van der Waals surface area contributed by atoms with Crippen LogP contribution in [0.1, 0.15) is 43.2 Å². The number of rotatable bonds is 0. The molecule has 0 aromatic heterocycles. The Balaban J connectivity index is 2.03. The molecular formula is C18H18S. The van der Waals surface area contributed by atoms with Gasteiger partial charge in [0.2, 0.25) is 0 Å².